The standard InChI is InChI=1S/C48H86N5O9P/c1-7-10-13-16-19-22-23-24-27-30-33-40(54)61-42-39(60-46(43(42)62-47(55)48(4,5)6)53-38-52-41-44(49)50-37-51-45(41)53)36-59-63(56,57-34-31-28-25-20-17-14-11-8-2)58-35-32-29-26-21-18-15-12-9-3/h37-39,42-43,46H,7-36H2,1-6H3,(H2,49,50,51)/t39-,42-,43-,46-/m1/s1. The van der Waals surface area contributed by atoms with E-state index in [0.717, 1.165) is 57.8 Å². The minimum absolute atomic E-state index is 0.169. The van der Waals surface area contributed by atoms with Crippen molar-refractivity contribution in [1.29, 1.82) is 0 Å². The van der Waals surface area contributed by atoms with E-state index in [-0.39, 0.29) is 32.1 Å². The summed E-state index contributed by atoms with van der Waals surface area (Å²) in [4.78, 5) is 40.1. The van der Waals surface area contributed by atoms with E-state index in [1.165, 1.54) is 103 Å². The maximum atomic E-state index is 14.4. The van der Waals surface area contributed by atoms with E-state index in [0.29, 0.717) is 30.4 Å². The first-order chi connectivity index (χ1) is 30.4. The van der Waals surface area contributed by atoms with Crippen LogP contribution in [0, 0.1) is 5.41 Å². The molecule has 1 fully saturated rings. The fourth-order valence-corrected chi connectivity index (χ4v) is 9.02. The molecule has 1 saturated heterocycles. The summed E-state index contributed by atoms with van der Waals surface area (Å²) >= 11 is 0. The summed E-state index contributed by atoms with van der Waals surface area (Å²) in [6, 6.07) is 0. The number of carbonyl (C=O) groups is 2. The van der Waals surface area contributed by atoms with Crippen molar-refractivity contribution in [1.82, 2.24) is 19.5 Å². The molecule has 0 spiro atoms. The fourth-order valence-electron chi connectivity index (χ4n) is 7.76. The third-order valence-corrected chi connectivity index (χ3v) is 13.2. The van der Waals surface area contributed by atoms with Crippen LogP contribution in [0.3, 0.4) is 0 Å². The number of hydrogen-bond donors (Lipinski definition) is 1. The van der Waals surface area contributed by atoms with Crippen molar-refractivity contribution in [2.75, 3.05) is 25.6 Å². The monoisotopic (exact) mass is 908 g/mol. The van der Waals surface area contributed by atoms with Gasteiger partial charge < -0.3 is 19.9 Å². The number of ether oxygens (including phenoxy) is 3. The number of carbonyl (C=O) groups excluding carboxylic acids is 2. The van der Waals surface area contributed by atoms with Gasteiger partial charge in [0.25, 0.3) is 0 Å². The molecule has 0 aromatic carbocycles. The summed E-state index contributed by atoms with van der Waals surface area (Å²) in [7, 11) is -4.10. The van der Waals surface area contributed by atoms with E-state index in [1.54, 1.807) is 25.3 Å². The van der Waals surface area contributed by atoms with E-state index in [2.05, 4.69) is 35.7 Å². The van der Waals surface area contributed by atoms with Crippen molar-refractivity contribution >= 4 is 36.7 Å². The largest absolute Gasteiger partial charge is 0.474 e. The topological polar surface area (TPSA) is 176 Å². The highest BCUT2D eigenvalue weighted by Crippen LogP contribution is 2.51. The second-order valence-corrected chi connectivity index (χ2v) is 20.2. The number of phosphoric ester groups is 1. The number of nitrogens with two attached hydrogens (primary N) is 1. The molecule has 0 unspecified atom stereocenters. The van der Waals surface area contributed by atoms with E-state index in [4.69, 9.17) is 33.5 Å². The molecule has 0 amide bonds. The number of nitrogens with zero attached hydrogens (tertiary/aromatic N) is 4. The molecule has 2 aromatic heterocycles. The molecule has 0 saturated carbocycles. The third-order valence-electron chi connectivity index (χ3n) is 11.7. The Kier molecular flexibility index (Phi) is 27.2. The molecule has 1 aliphatic heterocycles. The Hall–Kier alpha value is -2.64. The Morgan fingerprint density at radius 2 is 1.13 bits per heavy atom. The number of esters is 2. The molecular formula is C48H86N5O9P. The molecule has 2 N–H and O–H groups in total. The van der Waals surface area contributed by atoms with Crippen LogP contribution < -0.4 is 5.73 Å². The van der Waals surface area contributed by atoms with Crippen LogP contribution in [0.5, 0.6) is 0 Å². The molecule has 362 valence electrons. The number of hydrogen-bond acceptors (Lipinski definition) is 13. The lowest BCUT2D eigenvalue weighted by molar-refractivity contribution is -0.174. The predicted octanol–water partition coefficient (Wildman–Crippen LogP) is 12.9. The SMILES string of the molecule is CCCCCCCCCCCCC(=O)O[C@H]1[C@@H](OC(=O)C(C)(C)C)[C@H](n2cnc3c(N)ncnc32)O[C@@H]1COP(=O)(OCCCCCCCCCC)OCCCCCCCCCC. The van der Waals surface area contributed by atoms with Crippen molar-refractivity contribution in [2.45, 2.75) is 239 Å². The zero-order chi connectivity index (χ0) is 45.8. The average Bonchev–Trinajstić information content (AvgIpc) is 3.83. The van der Waals surface area contributed by atoms with Crippen LogP contribution in [0.25, 0.3) is 11.2 Å². The molecule has 15 heteroatoms. The number of nitrogen functional groups attached to an aromatic ring is 1. The molecule has 1 aliphatic rings. The van der Waals surface area contributed by atoms with Crippen molar-refractivity contribution < 1.29 is 41.9 Å². The molecule has 0 aliphatic carbocycles. The molecule has 0 bridgehead atoms. The molecule has 3 rings (SSSR count). The van der Waals surface area contributed by atoms with Gasteiger partial charge in [-0.15, -0.1) is 0 Å². The first-order valence-corrected chi connectivity index (χ1v) is 26.4. The first-order valence-electron chi connectivity index (χ1n) is 25.0. The van der Waals surface area contributed by atoms with Crippen LogP contribution in [0.1, 0.15) is 221 Å². The van der Waals surface area contributed by atoms with Crippen molar-refractivity contribution in [3.8, 4) is 0 Å². The minimum atomic E-state index is -4.10. The van der Waals surface area contributed by atoms with E-state index < -0.39 is 49.7 Å². The lowest BCUT2D eigenvalue weighted by Gasteiger charge is -2.28. The van der Waals surface area contributed by atoms with Gasteiger partial charge in [0, 0.05) is 6.42 Å². The van der Waals surface area contributed by atoms with Crippen LogP contribution in [0.15, 0.2) is 12.7 Å². The van der Waals surface area contributed by atoms with Gasteiger partial charge in [-0.3, -0.25) is 27.7 Å². The molecule has 63 heavy (non-hydrogen) atoms. The zero-order valence-electron chi connectivity index (χ0n) is 40.2. The zero-order valence-corrected chi connectivity index (χ0v) is 41.1. The number of aromatic nitrogens is 4. The lowest BCUT2D eigenvalue weighted by atomic mass is 9.97. The highest BCUT2D eigenvalue weighted by Gasteiger charge is 2.52. The summed E-state index contributed by atoms with van der Waals surface area (Å²) in [5, 5.41) is 0. The van der Waals surface area contributed by atoms with Gasteiger partial charge in [0.05, 0.1) is 31.6 Å². The van der Waals surface area contributed by atoms with Gasteiger partial charge in [0.2, 0.25) is 0 Å². The van der Waals surface area contributed by atoms with Crippen molar-refractivity contribution in [3.63, 3.8) is 0 Å². The third kappa shape index (κ3) is 21.0. The molecule has 0 radical (unpaired) electrons. The molecule has 14 nitrogen and oxygen atoms in total. The number of anilines is 1. The predicted molar refractivity (Wildman–Crippen MR) is 250 cm³/mol. The number of phosphoric acid groups is 1. The van der Waals surface area contributed by atoms with Gasteiger partial charge in [0.1, 0.15) is 17.9 Å². The van der Waals surface area contributed by atoms with E-state index >= 15 is 0 Å². The van der Waals surface area contributed by atoms with Gasteiger partial charge in [-0.2, -0.15) is 0 Å². The van der Waals surface area contributed by atoms with Crippen LogP contribution >= 0.6 is 7.82 Å². The van der Waals surface area contributed by atoms with Gasteiger partial charge in [-0.25, -0.2) is 19.5 Å². The van der Waals surface area contributed by atoms with E-state index in [9.17, 15) is 14.2 Å². The van der Waals surface area contributed by atoms with Crippen LogP contribution in [0.4, 0.5) is 5.82 Å². The average molecular weight is 908 g/mol. The van der Waals surface area contributed by atoms with Crippen LogP contribution in [-0.2, 0) is 41.9 Å². The Morgan fingerprint density at radius 1 is 0.651 bits per heavy atom. The Morgan fingerprint density at radius 3 is 1.62 bits per heavy atom. The lowest BCUT2D eigenvalue weighted by Crippen LogP contribution is -2.42. The van der Waals surface area contributed by atoms with Crippen LogP contribution in [0.2, 0.25) is 0 Å². The molecule has 4 atom stereocenters. The quantitative estimate of drug-likeness (QED) is 0.0385. The van der Waals surface area contributed by atoms with Crippen LogP contribution in [-0.4, -0.2) is 69.6 Å². The maximum absolute atomic E-state index is 14.4. The van der Waals surface area contributed by atoms with Crippen molar-refractivity contribution in [3.05, 3.63) is 12.7 Å². The Labute approximate surface area is 380 Å². The van der Waals surface area contributed by atoms with Gasteiger partial charge in [-0.05, 0) is 40.0 Å². The summed E-state index contributed by atoms with van der Waals surface area (Å²) in [6.07, 6.45) is 27.6. The van der Waals surface area contributed by atoms with Gasteiger partial charge in [0.15, 0.2) is 29.9 Å². The normalized spacial score (nSPS) is 18.1. The molecule has 3 heterocycles. The smallest absolute Gasteiger partial charge is 0.455 e. The second kappa shape index (κ2) is 31.3. The Bertz CT molecular complexity index is 1560. The number of rotatable bonds is 37. The number of fused-ring (bicyclic) bond motifs is 1. The highest BCUT2D eigenvalue weighted by molar-refractivity contribution is 7.48. The Balaban J connectivity index is 1.78. The maximum Gasteiger partial charge on any atom is 0.474 e. The fraction of sp³-hybridized carbons (Fsp3) is 0.854. The number of imidazole rings is 1. The highest BCUT2D eigenvalue weighted by atomic mass is 31.2. The molecular weight excluding hydrogens is 822 g/mol. The van der Waals surface area contributed by atoms with E-state index in [1.807, 2.05) is 0 Å². The summed E-state index contributed by atoms with van der Waals surface area (Å²) in [6.45, 7) is 12.0. The minimum Gasteiger partial charge on any atom is -0.455 e. The van der Waals surface area contributed by atoms with Crippen molar-refractivity contribution in [2.24, 2.45) is 5.41 Å². The first kappa shape index (κ1) is 54.7. The summed E-state index contributed by atoms with van der Waals surface area (Å²) in [5.74, 6) is -0.805. The summed E-state index contributed by atoms with van der Waals surface area (Å²) < 4.78 is 53.0. The summed E-state index contributed by atoms with van der Waals surface area (Å²) in [5.41, 5.74) is 5.93. The van der Waals surface area contributed by atoms with Gasteiger partial charge in [-0.1, -0.05) is 168 Å². The second-order valence-electron chi connectivity index (χ2n) is 18.5. The molecule has 2 aromatic rings. The number of unbranched alkanes of at least 4 members (excludes halogenated alkanes) is 23. The van der Waals surface area contributed by atoms with Gasteiger partial charge >= 0.3 is 19.8 Å².